The van der Waals surface area contributed by atoms with Gasteiger partial charge in [-0.2, -0.15) is 31.6 Å². The Labute approximate surface area is 228 Å². The van der Waals surface area contributed by atoms with E-state index in [-0.39, 0.29) is 36.5 Å². The van der Waals surface area contributed by atoms with E-state index in [0.717, 1.165) is 16.4 Å². The summed E-state index contributed by atoms with van der Waals surface area (Å²) in [6.45, 7) is 0.895. The van der Waals surface area contributed by atoms with Gasteiger partial charge in [0.2, 0.25) is 5.60 Å². The number of benzene rings is 1. The molecule has 1 atom stereocenters. The average molecular weight is 610 g/mol. The van der Waals surface area contributed by atoms with E-state index >= 15 is 0 Å². The first-order valence-corrected chi connectivity index (χ1v) is 13.1. The first kappa shape index (κ1) is 29.8. The maximum absolute atomic E-state index is 13.6. The van der Waals surface area contributed by atoms with Gasteiger partial charge in [-0.05, 0) is 50.6 Å². The number of aromatic amines is 1. The standard InChI is InChI=1S/C22H21F6N7O5S/c1-20(2,22(26,27)28)40-19(36)30-12-3-5-16-15(9-12)35(11-13(39-16)4-6-18-31-33-34-32-18)41(37,38)14-7-8-29-17(10-14)21(23,24)25/h3,5,7-10,13H,4,6,11H2,1-2H3,(H,30,36)(H,31,32,33,34)/t13-/m0/s1. The smallest absolute Gasteiger partial charge is 0.433 e. The molecule has 0 bridgehead atoms. The predicted molar refractivity (Wildman–Crippen MR) is 127 cm³/mol. The molecule has 41 heavy (non-hydrogen) atoms. The van der Waals surface area contributed by atoms with E-state index in [1.54, 1.807) is 0 Å². The van der Waals surface area contributed by atoms with E-state index in [4.69, 9.17) is 4.74 Å². The normalized spacial score (nSPS) is 16.1. The number of fused-ring (bicyclic) bond motifs is 1. The minimum absolute atomic E-state index is 0.0300. The van der Waals surface area contributed by atoms with Crippen molar-refractivity contribution in [3.63, 3.8) is 0 Å². The van der Waals surface area contributed by atoms with Crippen LogP contribution in [0.3, 0.4) is 0 Å². The number of halogens is 6. The number of anilines is 2. The highest BCUT2D eigenvalue weighted by Gasteiger charge is 2.51. The molecule has 0 saturated carbocycles. The summed E-state index contributed by atoms with van der Waals surface area (Å²) in [5.74, 6) is 0.273. The summed E-state index contributed by atoms with van der Waals surface area (Å²) in [7, 11) is -4.69. The minimum Gasteiger partial charge on any atom is -0.486 e. The molecule has 1 amide bonds. The van der Waals surface area contributed by atoms with E-state index in [2.05, 4.69) is 35.7 Å². The number of sulfonamides is 1. The van der Waals surface area contributed by atoms with Crippen molar-refractivity contribution < 1.29 is 49.0 Å². The summed E-state index contributed by atoms with van der Waals surface area (Å²) in [6.07, 6.45) is -11.0. The van der Waals surface area contributed by atoms with Gasteiger partial charge in [-0.1, -0.05) is 5.21 Å². The molecule has 4 rings (SSSR count). The van der Waals surface area contributed by atoms with Crippen LogP contribution >= 0.6 is 0 Å². The summed E-state index contributed by atoms with van der Waals surface area (Å²) in [5.41, 5.74) is -4.65. The Morgan fingerprint density at radius 1 is 1.17 bits per heavy atom. The number of nitrogens with one attached hydrogen (secondary N) is 2. The highest BCUT2D eigenvalue weighted by atomic mass is 32.2. The molecule has 222 valence electrons. The molecule has 3 heterocycles. The Kier molecular flexibility index (Phi) is 7.76. The summed E-state index contributed by atoms with van der Waals surface area (Å²) in [6, 6.07) is 4.80. The Morgan fingerprint density at radius 2 is 1.90 bits per heavy atom. The maximum atomic E-state index is 13.6. The summed E-state index contributed by atoms with van der Waals surface area (Å²) in [4.78, 5) is 14.6. The largest absolute Gasteiger partial charge is 0.486 e. The monoisotopic (exact) mass is 609 g/mol. The number of rotatable bonds is 7. The van der Waals surface area contributed by atoms with E-state index in [1.807, 2.05) is 0 Å². The molecule has 0 aliphatic carbocycles. The Morgan fingerprint density at radius 3 is 2.54 bits per heavy atom. The third kappa shape index (κ3) is 6.60. The van der Waals surface area contributed by atoms with Crippen LogP contribution in [0.25, 0.3) is 0 Å². The first-order chi connectivity index (χ1) is 19.0. The molecule has 19 heteroatoms. The second-order valence-corrected chi connectivity index (χ2v) is 11.1. The molecular weight excluding hydrogens is 588 g/mol. The van der Waals surface area contributed by atoms with Crippen molar-refractivity contribution in [3.05, 3.63) is 48.0 Å². The van der Waals surface area contributed by atoms with E-state index < -0.39 is 50.8 Å². The van der Waals surface area contributed by atoms with Gasteiger partial charge >= 0.3 is 18.4 Å². The maximum Gasteiger partial charge on any atom is 0.433 e. The number of hydrogen-bond donors (Lipinski definition) is 2. The fraction of sp³-hybridized carbons (Fsp3) is 0.409. The van der Waals surface area contributed by atoms with Crippen LogP contribution in [0.4, 0.5) is 42.5 Å². The van der Waals surface area contributed by atoms with Crippen LogP contribution in [0, 0.1) is 0 Å². The van der Waals surface area contributed by atoms with Crippen molar-refractivity contribution >= 4 is 27.5 Å². The lowest BCUT2D eigenvalue weighted by Gasteiger charge is -2.36. The zero-order valence-electron chi connectivity index (χ0n) is 21.1. The first-order valence-electron chi connectivity index (χ1n) is 11.6. The fourth-order valence-electron chi connectivity index (χ4n) is 3.63. The summed E-state index contributed by atoms with van der Waals surface area (Å²) < 4.78 is 118. The van der Waals surface area contributed by atoms with E-state index in [9.17, 15) is 39.6 Å². The number of tetrazole rings is 1. The van der Waals surface area contributed by atoms with Crippen LogP contribution in [0.2, 0.25) is 0 Å². The van der Waals surface area contributed by atoms with Crippen LogP contribution < -0.4 is 14.4 Å². The molecule has 0 fully saturated rings. The number of alkyl halides is 6. The molecule has 0 radical (unpaired) electrons. The van der Waals surface area contributed by atoms with Gasteiger partial charge in [-0.25, -0.2) is 13.2 Å². The molecule has 1 aromatic carbocycles. The summed E-state index contributed by atoms with van der Waals surface area (Å²) in [5, 5.41) is 15.4. The number of H-pyrrole nitrogens is 1. The third-order valence-electron chi connectivity index (χ3n) is 5.86. The lowest BCUT2D eigenvalue weighted by molar-refractivity contribution is -0.242. The zero-order valence-corrected chi connectivity index (χ0v) is 21.9. The molecule has 3 aromatic rings. The van der Waals surface area contributed by atoms with Gasteiger partial charge in [0.15, 0.2) is 5.82 Å². The second-order valence-electron chi connectivity index (χ2n) is 9.22. The van der Waals surface area contributed by atoms with E-state index in [0.29, 0.717) is 31.9 Å². The second kappa shape index (κ2) is 10.7. The van der Waals surface area contributed by atoms with Crippen LogP contribution in [0.1, 0.15) is 31.8 Å². The van der Waals surface area contributed by atoms with Gasteiger partial charge in [0.25, 0.3) is 10.0 Å². The molecule has 0 spiro atoms. The molecule has 1 aliphatic heterocycles. The highest BCUT2D eigenvalue weighted by Crippen LogP contribution is 2.40. The van der Waals surface area contributed by atoms with Gasteiger partial charge in [0, 0.05) is 18.3 Å². The van der Waals surface area contributed by atoms with Crippen molar-refractivity contribution in [2.45, 2.75) is 55.6 Å². The number of aromatic nitrogens is 5. The van der Waals surface area contributed by atoms with Crippen molar-refractivity contribution in [2.75, 3.05) is 16.2 Å². The number of carbonyl (C=O) groups excluding carboxylic acids is 1. The van der Waals surface area contributed by atoms with Crippen molar-refractivity contribution in [1.82, 2.24) is 25.6 Å². The Hall–Kier alpha value is -4.16. The SMILES string of the molecule is CC(C)(OC(=O)Nc1ccc2c(c1)N(S(=O)(=O)c1ccnc(C(F)(F)F)c1)C[C@H](CCc1nn[nH]n1)O2)C(F)(F)F. The lowest BCUT2D eigenvalue weighted by Crippen LogP contribution is -2.44. The molecule has 0 saturated heterocycles. The van der Waals surface area contributed by atoms with Gasteiger partial charge in [0.1, 0.15) is 17.5 Å². The number of aryl methyl sites for hydroxylation is 1. The van der Waals surface area contributed by atoms with Crippen molar-refractivity contribution in [2.24, 2.45) is 0 Å². The third-order valence-corrected chi connectivity index (χ3v) is 7.63. The van der Waals surface area contributed by atoms with Gasteiger partial charge in [-0.3, -0.25) is 14.6 Å². The van der Waals surface area contributed by atoms with Crippen LogP contribution in [0.15, 0.2) is 41.4 Å². The number of pyridine rings is 1. The quantitative estimate of drug-likeness (QED) is 0.377. The zero-order chi connectivity index (χ0) is 30.2. The molecule has 2 N–H and O–H groups in total. The Bertz CT molecular complexity index is 1510. The van der Waals surface area contributed by atoms with Gasteiger partial charge in [0.05, 0.1) is 17.1 Å². The molecule has 0 unspecified atom stereocenters. The number of hydrogen-bond acceptors (Lipinski definition) is 9. The number of carbonyl (C=O) groups is 1. The van der Waals surface area contributed by atoms with Crippen LogP contribution in [-0.4, -0.2) is 64.5 Å². The topological polar surface area (TPSA) is 152 Å². The lowest BCUT2D eigenvalue weighted by atomic mass is 10.1. The molecule has 2 aromatic heterocycles. The minimum atomic E-state index is -4.93. The van der Waals surface area contributed by atoms with Crippen molar-refractivity contribution in [1.29, 1.82) is 0 Å². The number of nitrogens with zero attached hydrogens (tertiary/aromatic N) is 5. The molecule has 1 aliphatic rings. The van der Waals surface area contributed by atoms with Crippen LogP contribution in [-0.2, 0) is 27.4 Å². The van der Waals surface area contributed by atoms with Crippen molar-refractivity contribution in [3.8, 4) is 5.75 Å². The number of ether oxygens (including phenoxy) is 2. The van der Waals surface area contributed by atoms with E-state index in [1.165, 1.54) is 12.1 Å². The average Bonchev–Trinajstić information content (AvgIpc) is 3.39. The number of amides is 1. The molecular formula is C22H21F6N7O5S. The van der Waals surface area contributed by atoms with Gasteiger partial charge in [-0.15, -0.1) is 10.2 Å². The van der Waals surface area contributed by atoms with Gasteiger partial charge < -0.3 is 9.47 Å². The highest BCUT2D eigenvalue weighted by molar-refractivity contribution is 7.92. The summed E-state index contributed by atoms with van der Waals surface area (Å²) >= 11 is 0. The van der Waals surface area contributed by atoms with Crippen LogP contribution in [0.5, 0.6) is 5.75 Å². The predicted octanol–water partition coefficient (Wildman–Crippen LogP) is 4.09. The Balaban J connectivity index is 1.68. The molecule has 12 nitrogen and oxygen atoms in total. The fourth-order valence-corrected chi connectivity index (χ4v) is 5.14.